The highest BCUT2D eigenvalue weighted by Gasteiger charge is 2.30. The summed E-state index contributed by atoms with van der Waals surface area (Å²) in [4.78, 5) is 29.0. The maximum atomic E-state index is 13.2. The maximum absolute atomic E-state index is 13.2. The first kappa shape index (κ1) is 25.6. The van der Waals surface area contributed by atoms with Crippen molar-refractivity contribution in [1.29, 1.82) is 0 Å². The van der Waals surface area contributed by atoms with E-state index in [9.17, 15) is 9.59 Å². The van der Waals surface area contributed by atoms with Crippen molar-refractivity contribution in [3.8, 4) is 0 Å². The number of amides is 2. The van der Waals surface area contributed by atoms with Gasteiger partial charge in [-0.1, -0.05) is 54.4 Å². The van der Waals surface area contributed by atoms with E-state index in [-0.39, 0.29) is 23.9 Å². The van der Waals surface area contributed by atoms with E-state index in [4.69, 9.17) is 23.2 Å². The lowest BCUT2D eigenvalue weighted by Crippen LogP contribution is -2.53. The van der Waals surface area contributed by atoms with Crippen LogP contribution in [0, 0.1) is 0 Å². The second kappa shape index (κ2) is 11.8. The molecule has 0 aliphatic carbocycles. The zero-order valence-electron chi connectivity index (χ0n) is 18.5. The van der Waals surface area contributed by atoms with Gasteiger partial charge in [-0.3, -0.25) is 9.59 Å². The summed E-state index contributed by atoms with van der Waals surface area (Å²) >= 11 is 14.0. The normalized spacial score (nSPS) is 12.3. The fourth-order valence-electron chi connectivity index (χ4n) is 3.12. The number of hydrogen-bond donors (Lipinski definition) is 1. The van der Waals surface area contributed by atoms with E-state index in [0.717, 1.165) is 10.5 Å². The van der Waals surface area contributed by atoms with Gasteiger partial charge in [-0.05, 0) is 57.0 Å². The second-order valence-electron chi connectivity index (χ2n) is 8.33. The van der Waals surface area contributed by atoms with Gasteiger partial charge in [-0.25, -0.2) is 0 Å². The molecule has 0 aliphatic rings. The third-order valence-corrected chi connectivity index (χ3v) is 6.17. The predicted molar refractivity (Wildman–Crippen MR) is 131 cm³/mol. The second-order valence-corrected chi connectivity index (χ2v) is 10.3. The van der Waals surface area contributed by atoms with Crippen LogP contribution in [-0.2, 0) is 16.1 Å². The zero-order chi connectivity index (χ0) is 23.0. The lowest BCUT2D eigenvalue weighted by Gasteiger charge is -2.33. The molecule has 0 aliphatic heterocycles. The van der Waals surface area contributed by atoms with Crippen molar-refractivity contribution >= 4 is 46.8 Å². The molecule has 0 unspecified atom stereocenters. The van der Waals surface area contributed by atoms with Crippen LogP contribution < -0.4 is 5.32 Å². The van der Waals surface area contributed by atoms with Crippen molar-refractivity contribution in [1.82, 2.24) is 10.2 Å². The lowest BCUT2D eigenvalue weighted by atomic mass is 10.1. The average Bonchev–Trinajstić information content (AvgIpc) is 2.68. The number of hydrogen-bond acceptors (Lipinski definition) is 3. The Balaban J connectivity index is 2.20. The molecule has 0 saturated heterocycles. The third kappa shape index (κ3) is 8.40. The first-order valence-corrected chi connectivity index (χ1v) is 12.1. The summed E-state index contributed by atoms with van der Waals surface area (Å²) in [5, 5.41) is 4.02. The molecule has 2 aromatic rings. The molecule has 1 atom stereocenters. The molecule has 0 aromatic heterocycles. The minimum Gasteiger partial charge on any atom is -0.350 e. The fraction of sp³-hybridized carbons (Fsp3) is 0.417. The largest absolute Gasteiger partial charge is 0.350 e. The van der Waals surface area contributed by atoms with Crippen LogP contribution in [0.2, 0.25) is 10.0 Å². The first-order valence-electron chi connectivity index (χ1n) is 10.3. The van der Waals surface area contributed by atoms with E-state index in [1.165, 1.54) is 0 Å². The van der Waals surface area contributed by atoms with E-state index < -0.39 is 6.04 Å². The number of nitrogens with one attached hydrogen (secondary N) is 1. The Morgan fingerprint density at radius 2 is 1.77 bits per heavy atom. The molecule has 0 spiro atoms. The molecule has 2 amide bonds. The molecule has 4 nitrogen and oxygen atoms in total. The van der Waals surface area contributed by atoms with Gasteiger partial charge >= 0.3 is 0 Å². The summed E-state index contributed by atoms with van der Waals surface area (Å²) in [6.07, 6.45) is 0.828. The van der Waals surface area contributed by atoms with Crippen LogP contribution in [0.1, 0.15) is 46.1 Å². The molecule has 2 aromatic carbocycles. The van der Waals surface area contributed by atoms with E-state index in [1.54, 1.807) is 34.9 Å². The highest BCUT2D eigenvalue weighted by molar-refractivity contribution is 7.99. The lowest BCUT2D eigenvalue weighted by molar-refractivity contribution is -0.141. The quantitative estimate of drug-likeness (QED) is 0.434. The van der Waals surface area contributed by atoms with E-state index in [1.807, 2.05) is 58.0 Å². The van der Waals surface area contributed by atoms with Gasteiger partial charge in [0.15, 0.2) is 0 Å². The Bertz CT molecular complexity index is 885. The van der Waals surface area contributed by atoms with Crippen LogP contribution >= 0.6 is 35.0 Å². The van der Waals surface area contributed by atoms with E-state index >= 15 is 0 Å². The highest BCUT2D eigenvalue weighted by Crippen LogP contribution is 2.25. The molecule has 7 heteroatoms. The first-order chi connectivity index (χ1) is 14.6. The van der Waals surface area contributed by atoms with Crippen LogP contribution in [0.4, 0.5) is 0 Å². The maximum Gasteiger partial charge on any atom is 0.243 e. The molecule has 2 rings (SSSR count). The number of rotatable bonds is 9. The minimum absolute atomic E-state index is 0.0784. The summed E-state index contributed by atoms with van der Waals surface area (Å²) in [5.74, 6) is 0.389. The van der Waals surface area contributed by atoms with Crippen molar-refractivity contribution in [3.05, 3.63) is 64.1 Å². The van der Waals surface area contributed by atoms with Crippen LogP contribution in [0.3, 0.4) is 0 Å². The van der Waals surface area contributed by atoms with Crippen LogP contribution in [0.5, 0.6) is 0 Å². The summed E-state index contributed by atoms with van der Waals surface area (Å²) < 4.78 is 0. The van der Waals surface area contributed by atoms with Crippen LogP contribution in [0.25, 0.3) is 0 Å². The molecule has 0 bridgehead atoms. The van der Waals surface area contributed by atoms with Gasteiger partial charge in [0.05, 0.1) is 0 Å². The highest BCUT2D eigenvalue weighted by atomic mass is 35.5. The number of benzene rings is 2. The molecular formula is C24H30Cl2N2O2S. The standard InChI is InChI=1S/C24H30Cl2N2O2S/c1-5-21(23(30)27-24(2,3)4)28(16-17-11-12-18(25)15-20(17)26)22(29)13-14-31-19-9-7-6-8-10-19/h6-12,15,21H,5,13-14,16H2,1-4H3,(H,27,30)/t21-/m1/s1. The molecule has 31 heavy (non-hydrogen) atoms. The Kier molecular flexibility index (Phi) is 9.73. The van der Waals surface area contributed by atoms with Gasteiger partial charge in [0.1, 0.15) is 6.04 Å². The van der Waals surface area contributed by atoms with Gasteiger partial charge in [0.25, 0.3) is 0 Å². The number of thioether (sulfide) groups is 1. The van der Waals surface area contributed by atoms with Crippen LogP contribution in [-0.4, -0.2) is 34.0 Å². The molecule has 0 saturated carbocycles. The average molecular weight is 481 g/mol. The molecule has 168 valence electrons. The monoisotopic (exact) mass is 480 g/mol. The Labute approximate surface area is 199 Å². The van der Waals surface area contributed by atoms with Crippen molar-refractivity contribution < 1.29 is 9.59 Å². The van der Waals surface area contributed by atoms with Crippen molar-refractivity contribution in [2.24, 2.45) is 0 Å². The van der Waals surface area contributed by atoms with Crippen molar-refractivity contribution in [2.45, 2.75) is 63.6 Å². The molecular weight excluding hydrogens is 451 g/mol. The summed E-state index contributed by atoms with van der Waals surface area (Å²) in [6, 6.07) is 14.6. The molecule has 1 N–H and O–H groups in total. The Morgan fingerprint density at radius 3 is 2.35 bits per heavy atom. The van der Waals surface area contributed by atoms with Gasteiger partial charge < -0.3 is 10.2 Å². The van der Waals surface area contributed by atoms with Crippen molar-refractivity contribution in [2.75, 3.05) is 5.75 Å². The Morgan fingerprint density at radius 1 is 1.10 bits per heavy atom. The molecule has 0 heterocycles. The predicted octanol–water partition coefficient (Wildman–Crippen LogP) is 6.20. The summed E-state index contributed by atoms with van der Waals surface area (Å²) in [5.41, 5.74) is 0.373. The van der Waals surface area contributed by atoms with E-state index in [0.29, 0.717) is 28.6 Å². The summed E-state index contributed by atoms with van der Waals surface area (Å²) in [6.45, 7) is 7.94. The van der Waals surface area contributed by atoms with E-state index in [2.05, 4.69) is 5.32 Å². The number of nitrogens with zero attached hydrogens (tertiary/aromatic N) is 1. The molecule has 0 radical (unpaired) electrons. The van der Waals surface area contributed by atoms with Gasteiger partial charge in [-0.15, -0.1) is 11.8 Å². The third-order valence-electron chi connectivity index (χ3n) is 4.57. The van der Waals surface area contributed by atoms with Crippen molar-refractivity contribution in [3.63, 3.8) is 0 Å². The topological polar surface area (TPSA) is 49.4 Å². The smallest absolute Gasteiger partial charge is 0.243 e. The number of carbonyl (C=O) groups is 2. The minimum atomic E-state index is -0.583. The fourth-order valence-corrected chi connectivity index (χ4v) is 4.45. The zero-order valence-corrected chi connectivity index (χ0v) is 20.8. The summed E-state index contributed by atoms with van der Waals surface area (Å²) in [7, 11) is 0. The Hall–Kier alpha value is -1.69. The van der Waals surface area contributed by atoms with Gasteiger partial charge in [0.2, 0.25) is 11.8 Å². The van der Waals surface area contributed by atoms with Gasteiger partial charge in [-0.2, -0.15) is 0 Å². The molecule has 0 fully saturated rings. The number of halogens is 2. The van der Waals surface area contributed by atoms with Gasteiger partial charge in [0, 0.05) is 39.2 Å². The SMILES string of the molecule is CC[C@H](C(=O)NC(C)(C)C)N(Cc1ccc(Cl)cc1Cl)C(=O)CCSc1ccccc1. The van der Waals surface area contributed by atoms with Crippen LogP contribution in [0.15, 0.2) is 53.4 Å². The number of carbonyl (C=O) groups excluding carboxylic acids is 2.